The van der Waals surface area contributed by atoms with E-state index >= 15 is 0 Å². The van der Waals surface area contributed by atoms with Crippen LogP contribution in [0.3, 0.4) is 0 Å². The summed E-state index contributed by atoms with van der Waals surface area (Å²) in [6.45, 7) is 4.46. The van der Waals surface area contributed by atoms with Crippen molar-refractivity contribution in [1.29, 1.82) is 0 Å². The monoisotopic (exact) mass is 267 g/mol. The average Bonchev–Trinajstić information content (AvgIpc) is 3.01. The van der Waals surface area contributed by atoms with Crippen LogP contribution in [0.15, 0.2) is 53.8 Å². The third-order valence-corrected chi connectivity index (χ3v) is 3.78. The van der Waals surface area contributed by atoms with Crippen molar-refractivity contribution in [3.63, 3.8) is 0 Å². The zero-order chi connectivity index (χ0) is 14.2. The lowest BCUT2D eigenvalue weighted by molar-refractivity contribution is 0.641. The highest BCUT2D eigenvalue weighted by atomic mass is 15.4. The van der Waals surface area contributed by atoms with Crippen LogP contribution in [0.1, 0.15) is 19.4 Å². The fraction of sp³-hybridized carbons (Fsp3) is 0.267. The summed E-state index contributed by atoms with van der Waals surface area (Å²) in [6.07, 6.45) is 6.95. The van der Waals surface area contributed by atoms with Gasteiger partial charge in [-0.2, -0.15) is 5.10 Å². The summed E-state index contributed by atoms with van der Waals surface area (Å²) >= 11 is 0. The molecule has 0 N–H and O–H groups in total. The fourth-order valence-electron chi connectivity index (χ4n) is 2.74. The lowest BCUT2D eigenvalue weighted by Gasteiger charge is -2.23. The molecule has 0 unspecified atom stereocenters. The van der Waals surface area contributed by atoms with E-state index in [1.54, 1.807) is 23.5 Å². The molecule has 0 saturated carbocycles. The Labute approximate surface area is 118 Å². The van der Waals surface area contributed by atoms with Crippen LogP contribution in [0.4, 0.5) is 5.69 Å². The molecule has 2 heterocycles. The van der Waals surface area contributed by atoms with Crippen molar-refractivity contribution in [1.82, 2.24) is 14.9 Å². The van der Waals surface area contributed by atoms with Gasteiger partial charge in [0.25, 0.3) is 0 Å². The molecule has 1 aliphatic heterocycles. The maximum absolute atomic E-state index is 4.26. The molecular weight excluding hydrogens is 250 g/mol. The summed E-state index contributed by atoms with van der Waals surface area (Å²) < 4.78 is 1.58. The van der Waals surface area contributed by atoms with Crippen molar-refractivity contribution in [3.05, 3.63) is 54.3 Å². The van der Waals surface area contributed by atoms with Gasteiger partial charge in [0.2, 0.25) is 0 Å². The van der Waals surface area contributed by atoms with Gasteiger partial charge in [0, 0.05) is 30.1 Å². The van der Waals surface area contributed by atoms with E-state index in [0.29, 0.717) is 0 Å². The van der Waals surface area contributed by atoms with E-state index in [0.717, 1.165) is 0 Å². The minimum absolute atomic E-state index is 0.0233. The Morgan fingerprint density at radius 3 is 2.55 bits per heavy atom. The number of rotatable bonds is 2. The minimum atomic E-state index is -0.0233. The molecule has 0 bridgehead atoms. The van der Waals surface area contributed by atoms with Crippen molar-refractivity contribution in [2.75, 3.05) is 11.9 Å². The Morgan fingerprint density at radius 1 is 1.15 bits per heavy atom. The largest absolute Gasteiger partial charge is 0.347 e. The molecule has 5 heteroatoms. The predicted octanol–water partition coefficient (Wildman–Crippen LogP) is 2.42. The van der Waals surface area contributed by atoms with Gasteiger partial charge in [0.15, 0.2) is 0 Å². The zero-order valence-corrected chi connectivity index (χ0v) is 11.9. The molecule has 102 valence electrons. The Morgan fingerprint density at radius 2 is 1.85 bits per heavy atom. The van der Waals surface area contributed by atoms with E-state index in [-0.39, 0.29) is 5.41 Å². The zero-order valence-electron chi connectivity index (χ0n) is 11.9. The van der Waals surface area contributed by atoms with Crippen molar-refractivity contribution in [2.24, 2.45) is 5.10 Å². The van der Waals surface area contributed by atoms with Crippen LogP contribution in [0, 0.1) is 0 Å². The number of benzene rings is 1. The highest BCUT2D eigenvalue weighted by Gasteiger charge is 2.37. The Balaban J connectivity index is 1.95. The molecule has 0 spiro atoms. The summed E-state index contributed by atoms with van der Waals surface area (Å²) in [4.78, 5) is 2.22. The van der Waals surface area contributed by atoms with Gasteiger partial charge in [0.1, 0.15) is 12.7 Å². The van der Waals surface area contributed by atoms with Crippen molar-refractivity contribution < 1.29 is 0 Å². The second-order valence-electron chi connectivity index (χ2n) is 5.36. The lowest BCUT2D eigenvalue weighted by Crippen LogP contribution is -2.23. The normalized spacial score (nSPS) is 18.9. The van der Waals surface area contributed by atoms with Gasteiger partial charge in [-0.05, 0) is 17.7 Å². The third-order valence-electron chi connectivity index (χ3n) is 3.78. The molecule has 0 saturated heterocycles. The van der Waals surface area contributed by atoms with Crippen LogP contribution in [0.25, 0.3) is 0 Å². The van der Waals surface area contributed by atoms with Gasteiger partial charge in [-0.1, -0.05) is 32.0 Å². The lowest BCUT2D eigenvalue weighted by atomic mass is 9.84. The van der Waals surface area contributed by atoms with E-state index in [9.17, 15) is 0 Å². The van der Waals surface area contributed by atoms with Gasteiger partial charge < -0.3 is 4.90 Å². The van der Waals surface area contributed by atoms with Crippen LogP contribution in [0.2, 0.25) is 0 Å². The van der Waals surface area contributed by atoms with Crippen LogP contribution >= 0.6 is 0 Å². The maximum Gasteiger partial charge on any atom is 0.141 e. The van der Waals surface area contributed by atoms with E-state index in [4.69, 9.17) is 0 Å². The second kappa shape index (κ2) is 4.59. The number of anilines is 1. The number of fused-ring (bicyclic) bond motifs is 1. The molecule has 20 heavy (non-hydrogen) atoms. The van der Waals surface area contributed by atoms with Crippen LogP contribution in [0.5, 0.6) is 0 Å². The summed E-state index contributed by atoms with van der Waals surface area (Å²) in [5.41, 5.74) is 3.79. The Bertz CT molecular complexity index is 667. The fourth-order valence-corrected chi connectivity index (χ4v) is 2.74. The first kappa shape index (κ1) is 12.6. The molecule has 1 aromatic heterocycles. The number of allylic oxidation sites excluding steroid dienone is 2. The second-order valence-corrected chi connectivity index (χ2v) is 5.36. The molecule has 1 aromatic carbocycles. The molecule has 0 fully saturated rings. The minimum Gasteiger partial charge on any atom is -0.347 e. The van der Waals surface area contributed by atoms with E-state index in [2.05, 4.69) is 65.4 Å². The number of para-hydroxylation sites is 1. The Hall–Kier alpha value is -2.43. The summed E-state index contributed by atoms with van der Waals surface area (Å²) in [6, 6.07) is 8.49. The van der Waals surface area contributed by atoms with E-state index < -0.39 is 0 Å². The summed E-state index contributed by atoms with van der Waals surface area (Å²) in [5.74, 6) is 0. The van der Waals surface area contributed by atoms with E-state index in [1.165, 1.54) is 16.9 Å². The summed E-state index contributed by atoms with van der Waals surface area (Å²) in [5, 5.41) is 11.7. The number of nitrogens with zero attached hydrogens (tertiary/aromatic N) is 5. The van der Waals surface area contributed by atoms with Gasteiger partial charge >= 0.3 is 0 Å². The van der Waals surface area contributed by atoms with Crippen molar-refractivity contribution in [2.45, 2.75) is 19.3 Å². The van der Waals surface area contributed by atoms with Crippen LogP contribution < -0.4 is 4.90 Å². The molecule has 5 nitrogen and oxygen atoms in total. The molecule has 1 aliphatic rings. The first-order valence-electron chi connectivity index (χ1n) is 6.53. The molecule has 0 radical (unpaired) electrons. The Kier molecular flexibility index (Phi) is 2.89. The molecule has 3 rings (SSSR count). The van der Waals surface area contributed by atoms with E-state index in [1.807, 2.05) is 6.08 Å². The molecule has 0 amide bonds. The van der Waals surface area contributed by atoms with Crippen molar-refractivity contribution in [3.8, 4) is 0 Å². The molecular formula is C15H17N5. The van der Waals surface area contributed by atoms with Crippen LogP contribution in [-0.4, -0.2) is 28.1 Å². The highest BCUT2D eigenvalue weighted by Crippen LogP contribution is 2.46. The van der Waals surface area contributed by atoms with Crippen LogP contribution in [-0.2, 0) is 5.41 Å². The standard InChI is InChI=1S/C15H17N5/c1-15(2)12-6-4-5-7-13(12)19(3)14(15)8-9-18-20-10-16-17-11-20/h4-11H,1-3H3/b14-8+,18-9?. The number of hydrogen-bond donors (Lipinski definition) is 0. The SMILES string of the molecule is CN1/C(=C/C=Nn2cnnc2)C(C)(C)c2ccccc21. The van der Waals surface area contributed by atoms with Gasteiger partial charge in [-0.15, -0.1) is 10.2 Å². The van der Waals surface area contributed by atoms with Gasteiger partial charge in [-0.3, -0.25) is 0 Å². The quantitative estimate of drug-likeness (QED) is 0.785. The first-order chi connectivity index (χ1) is 9.60. The number of hydrogen-bond acceptors (Lipinski definition) is 4. The molecule has 0 aliphatic carbocycles. The average molecular weight is 267 g/mol. The predicted molar refractivity (Wildman–Crippen MR) is 79.9 cm³/mol. The van der Waals surface area contributed by atoms with Gasteiger partial charge in [0.05, 0.1) is 0 Å². The topological polar surface area (TPSA) is 46.3 Å². The highest BCUT2D eigenvalue weighted by molar-refractivity contribution is 5.79. The maximum atomic E-state index is 4.26. The molecule has 0 atom stereocenters. The number of likely N-dealkylation sites (N-methyl/N-ethyl adjacent to an activating group) is 1. The molecule has 2 aromatic rings. The first-order valence-corrected chi connectivity index (χ1v) is 6.53. The van der Waals surface area contributed by atoms with Crippen molar-refractivity contribution >= 4 is 11.9 Å². The number of aromatic nitrogens is 3. The van der Waals surface area contributed by atoms with Gasteiger partial charge in [-0.25, -0.2) is 4.68 Å². The summed E-state index contributed by atoms with van der Waals surface area (Å²) in [7, 11) is 2.09. The smallest absolute Gasteiger partial charge is 0.141 e. The third kappa shape index (κ3) is 1.91.